The van der Waals surface area contributed by atoms with E-state index in [1.54, 1.807) is 33.0 Å². The highest BCUT2D eigenvalue weighted by Crippen LogP contribution is 2.30. The lowest BCUT2D eigenvalue weighted by molar-refractivity contribution is -0.147. The van der Waals surface area contributed by atoms with Crippen molar-refractivity contribution in [1.29, 1.82) is 0 Å². The number of aliphatic hydroxyl groups is 1. The number of hydrogen-bond donors (Lipinski definition) is 3. The van der Waals surface area contributed by atoms with Gasteiger partial charge < -0.3 is 35.0 Å². The van der Waals surface area contributed by atoms with E-state index in [0.29, 0.717) is 19.5 Å². The highest BCUT2D eigenvalue weighted by Gasteiger charge is 2.42. The van der Waals surface area contributed by atoms with Crippen LogP contribution in [-0.4, -0.2) is 103 Å². The molecule has 0 radical (unpaired) electrons. The van der Waals surface area contributed by atoms with E-state index in [0.717, 1.165) is 24.0 Å². The van der Waals surface area contributed by atoms with Crippen LogP contribution in [-0.2, 0) is 23.9 Å². The zero-order valence-electron chi connectivity index (χ0n) is 30.5. The Balaban J connectivity index is 2.20. The predicted molar refractivity (Wildman–Crippen MR) is 187 cm³/mol. The molecule has 3 N–H and O–H groups in total. The molecule has 0 saturated carbocycles. The van der Waals surface area contributed by atoms with Crippen molar-refractivity contribution >= 4 is 17.7 Å². The molecule has 10 nitrogen and oxygen atoms in total. The lowest BCUT2D eigenvalue weighted by atomic mass is 9.89. The number of ether oxygens (including phenoxy) is 2. The summed E-state index contributed by atoms with van der Waals surface area (Å²) in [6, 6.07) is 7.70. The zero-order chi connectivity index (χ0) is 35.4. The summed E-state index contributed by atoms with van der Waals surface area (Å²) in [5, 5.41) is 17.1. The highest BCUT2D eigenvalue weighted by atomic mass is 16.5. The molecule has 266 valence electrons. The van der Waals surface area contributed by atoms with Crippen molar-refractivity contribution in [2.75, 3.05) is 34.4 Å². The van der Waals surface area contributed by atoms with Crippen molar-refractivity contribution in [1.82, 2.24) is 20.4 Å². The number of likely N-dealkylation sites (tertiary alicyclic amines) is 1. The molecule has 1 fully saturated rings. The number of aliphatic hydroxyl groups excluding tert-OH is 1. The first kappa shape index (κ1) is 40.4. The molecule has 1 heterocycles. The Kier molecular flexibility index (Phi) is 16.6. The van der Waals surface area contributed by atoms with Crippen LogP contribution in [0.5, 0.6) is 0 Å². The van der Waals surface area contributed by atoms with Crippen LogP contribution in [0.25, 0.3) is 0 Å². The van der Waals surface area contributed by atoms with Crippen molar-refractivity contribution in [3.63, 3.8) is 0 Å². The fourth-order valence-electron chi connectivity index (χ4n) is 6.79. The van der Waals surface area contributed by atoms with E-state index in [-0.39, 0.29) is 48.1 Å². The van der Waals surface area contributed by atoms with Crippen molar-refractivity contribution < 1.29 is 29.0 Å². The molecule has 1 aliphatic heterocycles. The average molecular weight is 659 g/mol. The fraction of sp³-hybridized carbons (Fsp3) is 0.703. The number of nitrogens with one attached hydrogen (secondary N) is 2. The van der Waals surface area contributed by atoms with Crippen molar-refractivity contribution in [3.8, 4) is 0 Å². The summed E-state index contributed by atoms with van der Waals surface area (Å²) in [6.07, 6.45) is 0.493. The fourth-order valence-corrected chi connectivity index (χ4v) is 6.79. The molecular weight excluding hydrogens is 596 g/mol. The van der Waals surface area contributed by atoms with Gasteiger partial charge in [-0.1, -0.05) is 83.5 Å². The molecule has 0 bridgehead atoms. The number of amides is 3. The number of carbonyl (C=O) groups is 3. The molecule has 10 heteroatoms. The number of hydrogen-bond acceptors (Lipinski definition) is 7. The van der Waals surface area contributed by atoms with Crippen LogP contribution in [0.3, 0.4) is 0 Å². The monoisotopic (exact) mass is 658 g/mol. The molecule has 0 aromatic heterocycles. The van der Waals surface area contributed by atoms with Crippen LogP contribution in [0.4, 0.5) is 0 Å². The number of benzene rings is 1. The molecule has 9 atom stereocenters. The van der Waals surface area contributed by atoms with Gasteiger partial charge in [0.1, 0.15) is 0 Å². The van der Waals surface area contributed by atoms with Gasteiger partial charge in [-0.2, -0.15) is 0 Å². The zero-order valence-corrected chi connectivity index (χ0v) is 30.5. The number of rotatable bonds is 19. The quantitative estimate of drug-likeness (QED) is 0.189. The topological polar surface area (TPSA) is 120 Å². The minimum atomic E-state index is -0.856. The second kappa shape index (κ2) is 19.3. The lowest BCUT2D eigenvalue weighted by Crippen LogP contribution is -2.57. The van der Waals surface area contributed by atoms with Gasteiger partial charge in [0.2, 0.25) is 17.7 Å². The Morgan fingerprint density at radius 2 is 1.72 bits per heavy atom. The molecule has 0 spiro atoms. The third-order valence-corrected chi connectivity index (χ3v) is 9.80. The average Bonchev–Trinajstić information content (AvgIpc) is 3.53. The van der Waals surface area contributed by atoms with Crippen LogP contribution in [0, 0.1) is 17.8 Å². The van der Waals surface area contributed by atoms with Crippen LogP contribution >= 0.6 is 0 Å². The van der Waals surface area contributed by atoms with E-state index >= 15 is 0 Å². The van der Waals surface area contributed by atoms with Gasteiger partial charge in [-0.25, -0.2) is 0 Å². The van der Waals surface area contributed by atoms with Crippen LogP contribution in [0.15, 0.2) is 42.5 Å². The summed E-state index contributed by atoms with van der Waals surface area (Å²) in [5.41, 5.74) is 1.67. The molecule has 1 saturated heterocycles. The molecule has 1 aromatic rings. The summed E-state index contributed by atoms with van der Waals surface area (Å²) in [7, 11) is 4.98. The van der Waals surface area contributed by atoms with Gasteiger partial charge in [-0.05, 0) is 44.1 Å². The molecule has 2 rings (SSSR count). The maximum absolute atomic E-state index is 14.0. The summed E-state index contributed by atoms with van der Waals surface area (Å²) >= 11 is 0. The maximum Gasteiger partial charge on any atom is 0.240 e. The van der Waals surface area contributed by atoms with Gasteiger partial charge in [0.25, 0.3) is 0 Å². The van der Waals surface area contributed by atoms with Crippen LogP contribution in [0.2, 0.25) is 0 Å². The Morgan fingerprint density at radius 1 is 1.09 bits per heavy atom. The minimum Gasteiger partial charge on any atom is -0.386 e. The number of methoxy groups -OCH3 is 2. The second-order valence-corrected chi connectivity index (χ2v) is 13.8. The summed E-state index contributed by atoms with van der Waals surface area (Å²) < 4.78 is 11.9. The largest absolute Gasteiger partial charge is 0.386 e. The van der Waals surface area contributed by atoms with Crippen molar-refractivity contribution in [2.45, 2.75) is 117 Å². The molecule has 8 unspecified atom stereocenters. The third kappa shape index (κ3) is 10.9. The van der Waals surface area contributed by atoms with E-state index < -0.39 is 36.3 Å². The van der Waals surface area contributed by atoms with E-state index in [2.05, 4.69) is 31.1 Å². The number of likely N-dealkylation sites (N-methyl/N-ethyl adjacent to an activating group) is 1. The lowest BCUT2D eigenvalue weighted by Gasteiger charge is -2.41. The third-order valence-electron chi connectivity index (χ3n) is 9.80. The predicted octanol–water partition coefficient (Wildman–Crippen LogP) is 4.34. The molecule has 3 amide bonds. The Bertz CT molecular complexity index is 1150. The second-order valence-electron chi connectivity index (χ2n) is 13.8. The van der Waals surface area contributed by atoms with Crippen molar-refractivity contribution in [3.05, 3.63) is 48.0 Å². The molecule has 47 heavy (non-hydrogen) atoms. The minimum absolute atomic E-state index is 0.0361. The van der Waals surface area contributed by atoms with Crippen LogP contribution < -0.4 is 10.6 Å². The molecule has 0 aliphatic carbocycles. The van der Waals surface area contributed by atoms with Gasteiger partial charge in [0.15, 0.2) is 0 Å². The summed E-state index contributed by atoms with van der Waals surface area (Å²) in [5.74, 6) is -0.801. The molecular formula is C37H62N4O6. The smallest absolute Gasteiger partial charge is 0.240 e. The SMILES string of the molecule is C=C(C)CNC(C(=O)N(C)C(C(C)CC)C(CC(=O)N1CCC[C@H]1C(OC)C(C)C(=O)NC(C)C(O)c1ccccc1)OC)C(C)C. The Labute approximate surface area is 283 Å². The van der Waals surface area contributed by atoms with Crippen LogP contribution in [0.1, 0.15) is 85.8 Å². The number of carbonyl (C=O) groups excluding carboxylic acids is 3. The van der Waals surface area contributed by atoms with Gasteiger partial charge in [0, 0.05) is 34.4 Å². The van der Waals surface area contributed by atoms with Crippen molar-refractivity contribution in [2.24, 2.45) is 17.8 Å². The molecule has 1 aliphatic rings. The van der Waals surface area contributed by atoms with E-state index in [9.17, 15) is 19.5 Å². The first-order chi connectivity index (χ1) is 22.2. The summed E-state index contributed by atoms with van der Waals surface area (Å²) in [6.45, 7) is 18.8. The molecule has 1 aromatic carbocycles. The van der Waals surface area contributed by atoms with E-state index in [1.807, 2.05) is 63.1 Å². The first-order valence-electron chi connectivity index (χ1n) is 17.2. The van der Waals surface area contributed by atoms with E-state index in [4.69, 9.17) is 9.47 Å². The summed E-state index contributed by atoms with van der Waals surface area (Å²) in [4.78, 5) is 44.9. The van der Waals surface area contributed by atoms with E-state index in [1.165, 1.54) is 0 Å². The maximum atomic E-state index is 14.0. The van der Waals surface area contributed by atoms with Gasteiger partial charge in [-0.3, -0.25) is 14.4 Å². The van der Waals surface area contributed by atoms with Gasteiger partial charge in [-0.15, -0.1) is 0 Å². The highest BCUT2D eigenvalue weighted by molar-refractivity contribution is 5.83. The standard InChI is InChI=1S/C37H62N4O6/c1-12-25(6)33(40(9)37(45)32(24(4)5)38-22-23(2)3)30(46-10)21-31(42)41-20-16-19-29(41)35(47-11)26(7)36(44)39-27(8)34(43)28-17-14-13-15-18-28/h13-15,17-18,24-27,29-30,32-35,38,43H,2,12,16,19-22H2,1,3-11H3,(H,39,44)/t25?,26?,27?,29-,30?,32?,33?,34?,35?/m0/s1. The van der Waals surface area contributed by atoms with Gasteiger partial charge >= 0.3 is 0 Å². The Morgan fingerprint density at radius 3 is 2.26 bits per heavy atom. The first-order valence-corrected chi connectivity index (χ1v) is 17.2. The normalized spacial score (nSPS) is 20.1. The van der Waals surface area contributed by atoms with Gasteiger partial charge in [0.05, 0.1) is 54.8 Å². The number of nitrogens with zero attached hydrogens (tertiary/aromatic N) is 2. The Hall–Kier alpha value is -2.79.